The van der Waals surface area contributed by atoms with Crippen molar-refractivity contribution in [3.8, 4) is 0 Å². The highest BCUT2D eigenvalue weighted by atomic mass is 19.4. The normalized spacial score (nSPS) is 17.3. The molecule has 1 amide bonds. The van der Waals surface area contributed by atoms with Gasteiger partial charge in [-0.05, 0) is 56.9 Å². The van der Waals surface area contributed by atoms with Gasteiger partial charge in [-0.1, -0.05) is 18.7 Å². The maximum Gasteiger partial charge on any atom is 0.416 e. The van der Waals surface area contributed by atoms with Gasteiger partial charge in [-0.25, -0.2) is 0 Å². The maximum absolute atomic E-state index is 12.9. The van der Waals surface area contributed by atoms with Gasteiger partial charge in [0.1, 0.15) is 6.04 Å². The summed E-state index contributed by atoms with van der Waals surface area (Å²) >= 11 is 0. The van der Waals surface area contributed by atoms with Crippen LogP contribution in [0.5, 0.6) is 0 Å². The summed E-state index contributed by atoms with van der Waals surface area (Å²) in [6.07, 6.45) is -4.14. The van der Waals surface area contributed by atoms with Crippen molar-refractivity contribution in [2.45, 2.75) is 25.6 Å². The summed E-state index contributed by atoms with van der Waals surface area (Å²) in [5, 5.41) is 2.52. The minimum absolute atomic E-state index is 0.0580. The van der Waals surface area contributed by atoms with Crippen LogP contribution in [0, 0.1) is 6.92 Å². The number of nitrogens with zero attached hydrogens (tertiary/aromatic N) is 2. The largest absolute Gasteiger partial charge is 0.416 e. The molecule has 164 valence electrons. The Bertz CT molecular complexity index is 1030. The van der Waals surface area contributed by atoms with Crippen LogP contribution in [-0.2, 0) is 11.0 Å². The van der Waals surface area contributed by atoms with E-state index in [9.17, 15) is 22.8 Å². The van der Waals surface area contributed by atoms with Crippen LogP contribution in [0.15, 0.2) is 54.7 Å². The number of hydrogen-bond acceptors (Lipinski definition) is 4. The number of nitrogens with one attached hydrogen (secondary N) is 1. The number of benzene rings is 2. The fourth-order valence-corrected chi connectivity index (χ4v) is 3.71. The minimum Gasteiger partial charge on any atom is -0.343 e. The number of hydrogen-bond donors (Lipinski definition) is 1. The molecule has 0 aromatic heterocycles. The van der Waals surface area contributed by atoms with Crippen molar-refractivity contribution in [3.05, 3.63) is 71.4 Å². The Morgan fingerprint density at radius 3 is 2.55 bits per heavy atom. The highest BCUT2D eigenvalue weighted by molar-refractivity contribution is 6.05. The van der Waals surface area contributed by atoms with Crippen LogP contribution in [0.25, 0.3) is 0 Å². The third-order valence-corrected chi connectivity index (χ3v) is 5.28. The lowest BCUT2D eigenvalue weighted by Crippen LogP contribution is -2.48. The highest BCUT2D eigenvalue weighted by Crippen LogP contribution is 2.32. The van der Waals surface area contributed by atoms with Gasteiger partial charge in [-0.3, -0.25) is 14.5 Å². The van der Waals surface area contributed by atoms with Crippen molar-refractivity contribution < 1.29 is 22.8 Å². The van der Waals surface area contributed by atoms with Gasteiger partial charge in [0, 0.05) is 35.6 Å². The number of Topliss-reactive ketones (excluding diaryl/α,β-unsaturated/α-hetero) is 1. The number of likely N-dealkylation sites (N-methyl/N-ethyl adjacent to an activating group) is 1. The maximum atomic E-state index is 12.9. The average molecular weight is 431 g/mol. The third-order valence-electron chi connectivity index (χ3n) is 5.28. The summed E-state index contributed by atoms with van der Waals surface area (Å²) in [5.41, 5.74) is 1.77. The van der Waals surface area contributed by atoms with Crippen molar-refractivity contribution in [2.24, 2.45) is 0 Å². The van der Waals surface area contributed by atoms with E-state index in [-0.39, 0.29) is 11.5 Å². The fourth-order valence-electron chi connectivity index (χ4n) is 3.71. The Balaban J connectivity index is 1.87. The summed E-state index contributed by atoms with van der Waals surface area (Å²) in [6.45, 7) is 6.43. The highest BCUT2D eigenvalue weighted by Gasteiger charge is 2.33. The first-order valence-electron chi connectivity index (χ1n) is 9.74. The first-order chi connectivity index (χ1) is 14.5. The lowest BCUT2D eigenvalue weighted by Gasteiger charge is -2.39. The molecule has 0 bridgehead atoms. The van der Waals surface area contributed by atoms with E-state index in [1.54, 1.807) is 23.1 Å². The van der Waals surface area contributed by atoms with Crippen LogP contribution in [0.2, 0.25) is 0 Å². The molecule has 0 spiro atoms. The van der Waals surface area contributed by atoms with E-state index in [1.165, 1.54) is 12.1 Å². The van der Waals surface area contributed by atoms with E-state index in [1.807, 2.05) is 25.9 Å². The summed E-state index contributed by atoms with van der Waals surface area (Å²) < 4.78 is 38.8. The first-order valence-corrected chi connectivity index (χ1v) is 9.74. The number of alkyl halides is 3. The molecular weight excluding hydrogens is 407 g/mol. The molecule has 0 radical (unpaired) electrons. The van der Waals surface area contributed by atoms with Crippen LogP contribution in [0.4, 0.5) is 24.5 Å². The zero-order valence-electron chi connectivity index (χ0n) is 17.6. The van der Waals surface area contributed by atoms with Crippen molar-refractivity contribution in [3.63, 3.8) is 0 Å². The van der Waals surface area contributed by atoms with Gasteiger partial charge in [0.2, 0.25) is 0 Å². The zero-order valence-corrected chi connectivity index (χ0v) is 17.6. The SMILES string of the molecule is C=C1C(N(C)C)C(=O)CCN1c1cc(C(=O)Nc2cccc(C(F)(F)F)c2)ccc1C. The lowest BCUT2D eigenvalue weighted by atomic mass is 9.97. The van der Waals surface area contributed by atoms with Gasteiger partial charge < -0.3 is 10.2 Å². The molecule has 2 aromatic rings. The second kappa shape index (κ2) is 8.55. The Hall–Kier alpha value is -3.13. The van der Waals surface area contributed by atoms with Gasteiger partial charge in [0.05, 0.1) is 5.56 Å². The predicted octanol–water partition coefficient (Wildman–Crippen LogP) is 4.49. The van der Waals surface area contributed by atoms with E-state index >= 15 is 0 Å². The number of rotatable bonds is 4. The van der Waals surface area contributed by atoms with Gasteiger partial charge in [-0.15, -0.1) is 0 Å². The number of halogens is 3. The molecule has 1 saturated heterocycles. The number of amides is 1. The van der Waals surface area contributed by atoms with E-state index in [2.05, 4.69) is 11.9 Å². The molecular formula is C23H24F3N3O2. The smallest absolute Gasteiger partial charge is 0.343 e. The summed E-state index contributed by atoms with van der Waals surface area (Å²) in [6, 6.07) is 9.10. The second-order valence-electron chi connectivity index (χ2n) is 7.76. The quantitative estimate of drug-likeness (QED) is 0.775. The molecule has 0 saturated carbocycles. The van der Waals surface area contributed by atoms with Crippen molar-refractivity contribution >= 4 is 23.1 Å². The molecule has 0 aliphatic carbocycles. The zero-order chi connectivity index (χ0) is 22.9. The van der Waals surface area contributed by atoms with Crippen LogP contribution in [0.3, 0.4) is 0 Å². The molecule has 1 unspecified atom stereocenters. The summed E-state index contributed by atoms with van der Waals surface area (Å²) in [4.78, 5) is 28.8. The molecule has 3 rings (SSSR count). The van der Waals surface area contributed by atoms with Crippen molar-refractivity contribution in [2.75, 3.05) is 30.9 Å². The molecule has 1 aliphatic heterocycles. The van der Waals surface area contributed by atoms with Crippen LogP contribution < -0.4 is 10.2 Å². The molecule has 2 aromatic carbocycles. The van der Waals surface area contributed by atoms with Crippen molar-refractivity contribution in [1.29, 1.82) is 0 Å². The number of aryl methyl sites for hydroxylation is 1. The first kappa shape index (κ1) is 22.6. The number of carbonyl (C=O) groups excluding carboxylic acids is 2. The van der Waals surface area contributed by atoms with E-state index in [0.717, 1.165) is 23.4 Å². The third kappa shape index (κ3) is 4.80. The molecule has 5 nitrogen and oxygen atoms in total. The van der Waals surface area contributed by atoms with Crippen LogP contribution in [-0.4, -0.2) is 43.3 Å². The Kier molecular flexibility index (Phi) is 6.22. The molecule has 1 fully saturated rings. The summed E-state index contributed by atoms with van der Waals surface area (Å²) in [7, 11) is 3.62. The molecule has 8 heteroatoms. The Morgan fingerprint density at radius 2 is 1.90 bits per heavy atom. The van der Waals surface area contributed by atoms with E-state index in [4.69, 9.17) is 0 Å². The van der Waals surface area contributed by atoms with Crippen LogP contribution >= 0.6 is 0 Å². The fraction of sp³-hybridized carbons (Fsp3) is 0.304. The Morgan fingerprint density at radius 1 is 1.19 bits per heavy atom. The molecule has 31 heavy (non-hydrogen) atoms. The van der Waals surface area contributed by atoms with Gasteiger partial charge in [0.15, 0.2) is 5.78 Å². The second-order valence-corrected chi connectivity index (χ2v) is 7.76. The number of ketones is 1. The van der Waals surface area contributed by atoms with Gasteiger partial charge in [0.25, 0.3) is 5.91 Å². The van der Waals surface area contributed by atoms with Crippen molar-refractivity contribution in [1.82, 2.24) is 4.90 Å². The molecule has 1 N–H and O–H groups in total. The molecule has 1 aliphatic rings. The minimum atomic E-state index is -4.49. The predicted molar refractivity (Wildman–Crippen MR) is 114 cm³/mol. The summed E-state index contributed by atoms with van der Waals surface area (Å²) in [5.74, 6) is -0.439. The molecule has 1 atom stereocenters. The molecule has 1 heterocycles. The lowest BCUT2D eigenvalue weighted by molar-refractivity contribution is -0.137. The van der Waals surface area contributed by atoms with Gasteiger partial charge >= 0.3 is 6.18 Å². The Labute approximate surface area is 179 Å². The van der Waals surface area contributed by atoms with E-state index < -0.39 is 23.7 Å². The van der Waals surface area contributed by atoms with Gasteiger partial charge in [-0.2, -0.15) is 13.2 Å². The van der Waals surface area contributed by atoms with Crippen LogP contribution in [0.1, 0.15) is 27.9 Å². The standard InChI is InChI=1S/C23H24F3N3O2/c1-14-8-9-16(22(31)27-18-7-5-6-17(13-18)23(24,25)26)12-19(14)29-11-10-20(30)21(15(29)2)28(3)4/h5-9,12-13,21H,2,10-11H2,1,3-4H3,(H,27,31). The number of piperidine rings is 1. The topological polar surface area (TPSA) is 52.7 Å². The monoisotopic (exact) mass is 431 g/mol. The average Bonchev–Trinajstić information content (AvgIpc) is 2.68. The number of carbonyl (C=O) groups is 2. The number of anilines is 2. The van der Waals surface area contributed by atoms with E-state index in [0.29, 0.717) is 24.2 Å².